The van der Waals surface area contributed by atoms with Gasteiger partial charge in [-0.15, -0.1) is 0 Å². The SMILES string of the molecule is CCOC(=O)CN1CC(NC2CCCCC2)CC(C(C)C)C1. The normalized spacial score (nSPS) is 28.0. The molecule has 1 N–H and O–H groups in total. The lowest BCUT2D eigenvalue weighted by Gasteiger charge is -2.41. The minimum atomic E-state index is -0.0803. The smallest absolute Gasteiger partial charge is 0.320 e. The van der Waals surface area contributed by atoms with E-state index in [1.54, 1.807) is 0 Å². The average Bonchev–Trinajstić information content (AvgIpc) is 2.48. The van der Waals surface area contributed by atoms with Gasteiger partial charge in [0.1, 0.15) is 0 Å². The number of nitrogens with one attached hydrogen (secondary N) is 1. The second kappa shape index (κ2) is 8.88. The molecular formula is C18H34N2O2. The lowest BCUT2D eigenvalue weighted by atomic mass is 9.84. The van der Waals surface area contributed by atoms with E-state index in [2.05, 4.69) is 24.1 Å². The zero-order valence-corrected chi connectivity index (χ0v) is 14.6. The van der Waals surface area contributed by atoms with E-state index in [0.29, 0.717) is 37.1 Å². The van der Waals surface area contributed by atoms with Crippen molar-refractivity contribution in [2.75, 3.05) is 26.2 Å². The molecule has 22 heavy (non-hydrogen) atoms. The number of piperidine rings is 1. The molecule has 0 aromatic heterocycles. The van der Waals surface area contributed by atoms with Crippen molar-refractivity contribution in [2.24, 2.45) is 11.8 Å². The number of hydrogen-bond donors (Lipinski definition) is 1. The maximum Gasteiger partial charge on any atom is 0.320 e. The molecule has 128 valence electrons. The quantitative estimate of drug-likeness (QED) is 0.766. The number of ether oxygens (including phenoxy) is 1. The Morgan fingerprint density at radius 2 is 1.91 bits per heavy atom. The Kier molecular flexibility index (Phi) is 7.16. The van der Waals surface area contributed by atoms with Crippen molar-refractivity contribution < 1.29 is 9.53 Å². The number of nitrogens with zero attached hydrogens (tertiary/aromatic N) is 1. The molecule has 1 saturated carbocycles. The predicted octanol–water partition coefficient (Wildman–Crippen LogP) is 2.82. The number of carbonyl (C=O) groups excluding carboxylic acids is 1. The molecule has 0 aromatic rings. The fourth-order valence-electron chi connectivity index (χ4n) is 3.96. The van der Waals surface area contributed by atoms with Crippen LogP contribution in [0, 0.1) is 11.8 Å². The Balaban J connectivity index is 1.89. The maximum absolute atomic E-state index is 11.8. The summed E-state index contributed by atoms with van der Waals surface area (Å²) in [6.07, 6.45) is 8.01. The van der Waals surface area contributed by atoms with Crippen LogP contribution in [0.2, 0.25) is 0 Å². The van der Waals surface area contributed by atoms with Crippen molar-refractivity contribution in [1.82, 2.24) is 10.2 Å². The summed E-state index contributed by atoms with van der Waals surface area (Å²) in [7, 11) is 0. The summed E-state index contributed by atoms with van der Waals surface area (Å²) in [6, 6.07) is 1.22. The predicted molar refractivity (Wildman–Crippen MR) is 89.8 cm³/mol. The van der Waals surface area contributed by atoms with Gasteiger partial charge in [0, 0.05) is 25.2 Å². The van der Waals surface area contributed by atoms with Crippen molar-refractivity contribution in [3.05, 3.63) is 0 Å². The molecule has 1 aliphatic carbocycles. The summed E-state index contributed by atoms with van der Waals surface area (Å²) in [4.78, 5) is 14.1. The van der Waals surface area contributed by atoms with Gasteiger partial charge >= 0.3 is 5.97 Å². The van der Waals surface area contributed by atoms with Gasteiger partial charge in [-0.2, -0.15) is 0 Å². The molecule has 1 aliphatic heterocycles. The van der Waals surface area contributed by atoms with Crippen molar-refractivity contribution in [2.45, 2.75) is 71.4 Å². The summed E-state index contributed by atoms with van der Waals surface area (Å²) in [6.45, 7) is 9.41. The van der Waals surface area contributed by atoms with E-state index in [4.69, 9.17) is 4.74 Å². The molecule has 0 bridgehead atoms. The molecule has 2 aliphatic rings. The van der Waals surface area contributed by atoms with Gasteiger partial charge in [-0.05, 0) is 38.0 Å². The fraction of sp³-hybridized carbons (Fsp3) is 0.944. The molecule has 2 atom stereocenters. The number of carbonyl (C=O) groups is 1. The first-order chi connectivity index (χ1) is 10.6. The van der Waals surface area contributed by atoms with Gasteiger partial charge in [-0.3, -0.25) is 9.69 Å². The third-order valence-electron chi connectivity index (χ3n) is 5.24. The molecular weight excluding hydrogens is 276 g/mol. The van der Waals surface area contributed by atoms with Gasteiger partial charge < -0.3 is 10.1 Å². The highest BCUT2D eigenvalue weighted by molar-refractivity contribution is 5.71. The zero-order chi connectivity index (χ0) is 15.9. The standard InChI is InChI=1S/C18H34N2O2/c1-4-22-18(21)13-20-11-15(14(2)3)10-17(12-20)19-16-8-6-5-7-9-16/h14-17,19H,4-13H2,1-3H3. The van der Waals surface area contributed by atoms with Crippen LogP contribution in [-0.2, 0) is 9.53 Å². The van der Waals surface area contributed by atoms with Crippen LogP contribution in [0.4, 0.5) is 0 Å². The van der Waals surface area contributed by atoms with E-state index in [0.717, 1.165) is 13.1 Å². The van der Waals surface area contributed by atoms with Crippen LogP contribution in [0.5, 0.6) is 0 Å². The highest BCUT2D eigenvalue weighted by Gasteiger charge is 2.31. The molecule has 0 radical (unpaired) electrons. The number of likely N-dealkylation sites (tertiary alicyclic amines) is 1. The molecule has 4 heteroatoms. The second-order valence-corrected chi connectivity index (χ2v) is 7.44. The molecule has 0 spiro atoms. The Morgan fingerprint density at radius 1 is 1.18 bits per heavy atom. The van der Waals surface area contributed by atoms with E-state index in [9.17, 15) is 4.79 Å². The van der Waals surface area contributed by atoms with Crippen molar-refractivity contribution in [1.29, 1.82) is 0 Å². The first-order valence-corrected chi connectivity index (χ1v) is 9.22. The molecule has 1 heterocycles. The Morgan fingerprint density at radius 3 is 2.55 bits per heavy atom. The third-order valence-corrected chi connectivity index (χ3v) is 5.24. The van der Waals surface area contributed by atoms with Gasteiger partial charge in [0.25, 0.3) is 0 Å². The van der Waals surface area contributed by atoms with Crippen molar-refractivity contribution in [3.8, 4) is 0 Å². The highest BCUT2D eigenvalue weighted by atomic mass is 16.5. The van der Waals surface area contributed by atoms with E-state index in [1.165, 1.54) is 38.5 Å². The summed E-state index contributed by atoms with van der Waals surface area (Å²) in [5.41, 5.74) is 0. The number of hydrogen-bond acceptors (Lipinski definition) is 4. The summed E-state index contributed by atoms with van der Waals surface area (Å²) < 4.78 is 5.12. The van der Waals surface area contributed by atoms with Gasteiger partial charge in [0.15, 0.2) is 0 Å². The topological polar surface area (TPSA) is 41.6 Å². The number of esters is 1. The maximum atomic E-state index is 11.8. The fourth-order valence-corrected chi connectivity index (χ4v) is 3.96. The van der Waals surface area contributed by atoms with Crippen LogP contribution >= 0.6 is 0 Å². The van der Waals surface area contributed by atoms with Crippen molar-refractivity contribution in [3.63, 3.8) is 0 Å². The van der Waals surface area contributed by atoms with Crippen LogP contribution in [0.25, 0.3) is 0 Å². The van der Waals surface area contributed by atoms with Crippen LogP contribution in [0.3, 0.4) is 0 Å². The lowest BCUT2D eigenvalue weighted by molar-refractivity contribution is -0.145. The van der Waals surface area contributed by atoms with E-state index in [1.807, 2.05) is 6.92 Å². The molecule has 2 rings (SSSR count). The van der Waals surface area contributed by atoms with Crippen LogP contribution in [0.1, 0.15) is 59.3 Å². The van der Waals surface area contributed by atoms with Crippen molar-refractivity contribution >= 4 is 5.97 Å². The molecule has 2 fully saturated rings. The average molecular weight is 310 g/mol. The largest absolute Gasteiger partial charge is 0.465 e. The molecule has 0 amide bonds. The third kappa shape index (κ3) is 5.54. The minimum Gasteiger partial charge on any atom is -0.465 e. The Bertz CT molecular complexity index is 340. The van der Waals surface area contributed by atoms with Gasteiger partial charge in [-0.1, -0.05) is 33.1 Å². The van der Waals surface area contributed by atoms with Gasteiger partial charge in [-0.25, -0.2) is 0 Å². The Hall–Kier alpha value is -0.610. The molecule has 2 unspecified atom stereocenters. The van der Waals surface area contributed by atoms with Crippen LogP contribution in [-0.4, -0.2) is 49.2 Å². The van der Waals surface area contributed by atoms with Crippen LogP contribution in [0.15, 0.2) is 0 Å². The van der Waals surface area contributed by atoms with E-state index < -0.39 is 0 Å². The van der Waals surface area contributed by atoms with Crippen LogP contribution < -0.4 is 5.32 Å². The van der Waals surface area contributed by atoms with E-state index in [-0.39, 0.29) is 5.97 Å². The van der Waals surface area contributed by atoms with E-state index >= 15 is 0 Å². The Labute approximate surface area is 136 Å². The lowest BCUT2D eigenvalue weighted by Crippen LogP contribution is -2.54. The molecule has 4 nitrogen and oxygen atoms in total. The summed E-state index contributed by atoms with van der Waals surface area (Å²) >= 11 is 0. The monoisotopic (exact) mass is 310 g/mol. The molecule has 0 aromatic carbocycles. The second-order valence-electron chi connectivity index (χ2n) is 7.44. The highest BCUT2D eigenvalue weighted by Crippen LogP contribution is 2.26. The summed E-state index contributed by atoms with van der Waals surface area (Å²) in [5, 5.41) is 3.88. The zero-order valence-electron chi connectivity index (χ0n) is 14.6. The molecule has 1 saturated heterocycles. The first kappa shape index (κ1) is 17.7. The van der Waals surface area contributed by atoms with Gasteiger partial charge in [0.05, 0.1) is 13.2 Å². The number of rotatable bonds is 6. The minimum absolute atomic E-state index is 0.0803. The first-order valence-electron chi connectivity index (χ1n) is 9.22. The van der Waals surface area contributed by atoms with Gasteiger partial charge in [0.2, 0.25) is 0 Å². The summed E-state index contributed by atoms with van der Waals surface area (Å²) in [5.74, 6) is 1.26.